The zero-order valence-electron chi connectivity index (χ0n) is 10.8. The molecule has 2 heterocycles. The largest absolute Gasteiger partial charge is 0.309 e. The molecule has 1 aromatic carbocycles. The van der Waals surface area contributed by atoms with Crippen LogP contribution in [0.25, 0.3) is 0 Å². The number of amides is 1. The quantitative estimate of drug-likeness (QED) is 0.820. The van der Waals surface area contributed by atoms with E-state index in [1.54, 1.807) is 6.07 Å². The fraction of sp³-hybridized carbons (Fsp3) is 0.200. The first-order valence-electron chi connectivity index (χ1n) is 6.46. The summed E-state index contributed by atoms with van der Waals surface area (Å²) in [5.74, 6) is -0.571. The lowest BCUT2D eigenvalue weighted by molar-refractivity contribution is -0.118. The van der Waals surface area contributed by atoms with Crippen molar-refractivity contribution in [3.05, 3.63) is 59.5 Å². The third-order valence-corrected chi connectivity index (χ3v) is 3.36. The van der Waals surface area contributed by atoms with E-state index in [9.17, 15) is 9.18 Å². The molecule has 1 aromatic heterocycles. The Morgan fingerprint density at radius 1 is 1.20 bits per heavy atom. The molecular formula is C15H14FN3O. The second-order valence-corrected chi connectivity index (χ2v) is 4.74. The molecular weight excluding hydrogens is 257 g/mol. The van der Waals surface area contributed by atoms with Gasteiger partial charge in [0.25, 0.3) is 0 Å². The summed E-state index contributed by atoms with van der Waals surface area (Å²) in [5, 5.41) is 5.81. The number of carbonyl (C=O) groups is 1. The number of fused-ring (bicyclic) bond motifs is 1. The van der Waals surface area contributed by atoms with Crippen molar-refractivity contribution >= 4 is 11.7 Å². The first kappa shape index (κ1) is 12.7. The van der Waals surface area contributed by atoms with Gasteiger partial charge in [-0.05, 0) is 29.7 Å². The van der Waals surface area contributed by atoms with E-state index in [2.05, 4.69) is 15.6 Å². The number of hydrogen-bond donors (Lipinski definition) is 2. The Kier molecular flexibility index (Phi) is 3.43. The summed E-state index contributed by atoms with van der Waals surface area (Å²) in [7, 11) is 0. The molecule has 20 heavy (non-hydrogen) atoms. The lowest BCUT2D eigenvalue weighted by Crippen LogP contribution is -2.44. The minimum Gasteiger partial charge on any atom is -0.309 e. The predicted octanol–water partition coefficient (Wildman–Crippen LogP) is 1.87. The van der Waals surface area contributed by atoms with Crippen LogP contribution in [0.4, 0.5) is 10.2 Å². The molecule has 102 valence electrons. The molecule has 2 N–H and O–H groups in total. The van der Waals surface area contributed by atoms with Crippen LogP contribution in [0.1, 0.15) is 11.1 Å². The molecule has 4 nitrogen and oxygen atoms in total. The number of rotatable bonds is 2. The van der Waals surface area contributed by atoms with Gasteiger partial charge in [-0.15, -0.1) is 0 Å². The second kappa shape index (κ2) is 5.38. The van der Waals surface area contributed by atoms with E-state index in [-0.39, 0.29) is 17.8 Å². The van der Waals surface area contributed by atoms with E-state index in [0.29, 0.717) is 13.0 Å². The molecule has 0 unspecified atom stereocenters. The van der Waals surface area contributed by atoms with Crippen LogP contribution in [0, 0.1) is 5.95 Å². The van der Waals surface area contributed by atoms with Crippen LogP contribution in [-0.4, -0.2) is 16.9 Å². The van der Waals surface area contributed by atoms with Gasteiger partial charge in [0.15, 0.2) is 0 Å². The summed E-state index contributed by atoms with van der Waals surface area (Å²) in [6, 6.07) is 12.0. The topological polar surface area (TPSA) is 54.0 Å². The van der Waals surface area contributed by atoms with Crippen molar-refractivity contribution in [3.63, 3.8) is 0 Å². The minimum absolute atomic E-state index is 0.197. The van der Waals surface area contributed by atoms with Crippen molar-refractivity contribution in [2.75, 3.05) is 5.32 Å². The van der Waals surface area contributed by atoms with E-state index in [4.69, 9.17) is 0 Å². The van der Waals surface area contributed by atoms with Crippen molar-refractivity contribution < 1.29 is 9.18 Å². The fourth-order valence-corrected chi connectivity index (χ4v) is 2.33. The zero-order chi connectivity index (χ0) is 13.9. The molecule has 0 fully saturated rings. The predicted molar refractivity (Wildman–Crippen MR) is 73.6 cm³/mol. The molecule has 0 saturated heterocycles. The molecule has 0 spiro atoms. The fourth-order valence-electron chi connectivity index (χ4n) is 2.33. The number of benzene rings is 1. The van der Waals surface area contributed by atoms with Crippen molar-refractivity contribution in [1.29, 1.82) is 0 Å². The van der Waals surface area contributed by atoms with Gasteiger partial charge in [-0.1, -0.05) is 30.3 Å². The van der Waals surface area contributed by atoms with Gasteiger partial charge in [-0.3, -0.25) is 4.79 Å². The summed E-state index contributed by atoms with van der Waals surface area (Å²) < 4.78 is 13.0. The van der Waals surface area contributed by atoms with E-state index >= 15 is 0 Å². The Bertz CT molecular complexity index is 645. The number of anilines is 1. The Balaban J connectivity index is 1.70. The highest BCUT2D eigenvalue weighted by atomic mass is 19.1. The average molecular weight is 271 g/mol. The van der Waals surface area contributed by atoms with Crippen LogP contribution in [0.2, 0.25) is 0 Å². The lowest BCUT2D eigenvalue weighted by atomic mass is 9.95. The first-order valence-corrected chi connectivity index (χ1v) is 6.46. The van der Waals surface area contributed by atoms with Crippen molar-refractivity contribution in [1.82, 2.24) is 10.3 Å². The number of carbonyl (C=O) groups excluding carboxylic acids is 1. The number of pyridine rings is 1. The third-order valence-electron chi connectivity index (χ3n) is 3.36. The molecule has 0 radical (unpaired) electrons. The van der Waals surface area contributed by atoms with Crippen LogP contribution in [0.5, 0.6) is 0 Å². The standard InChI is InChI=1S/C15H14FN3O/c16-13-6-3-7-14(18-13)19-15(20)12-8-10-4-1-2-5-11(10)9-17-12/h1-7,12,17H,8-9H2,(H,18,19,20)/t12-/m1/s1. The molecule has 0 aliphatic carbocycles. The van der Waals surface area contributed by atoms with Crippen LogP contribution in [-0.2, 0) is 17.8 Å². The SMILES string of the molecule is O=C(Nc1cccc(F)n1)[C@H]1Cc2ccccc2CN1. The van der Waals surface area contributed by atoms with Crippen molar-refractivity contribution in [3.8, 4) is 0 Å². The first-order chi connectivity index (χ1) is 9.72. The summed E-state index contributed by atoms with van der Waals surface area (Å²) in [4.78, 5) is 15.8. The smallest absolute Gasteiger partial charge is 0.243 e. The van der Waals surface area contributed by atoms with Gasteiger partial charge in [0.1, 0.15) is 5.82 Å². The number of aromatic nitrogens is 1. The number of hydrogen-bond acceptors (Lipinski definition) is 3. The summed E-state index contributed by atoms with van der Waals surface area (Å²) in [5.41, 5.74) is 2.37. The number of halogens is 1. The van der Waals surface area contributed by atoms with Crippen LogP contribution in [0.3, 0.4) is 0 Å². The lowest BCUT2D eigenvalue weighted by Gasteiger charge is -2.25. The molecule has 1 aliphatic heterocycles. The number of nitrogens with zero attached hydrogens (tertiary/aromatic N) is 1. The molecule has 5 heteroatoms. The van der Waals surface area contributed by atoms with E-state index in [1.807, 2.05) is 24.3 Å². The maximum atomic E-state index is 13.0. The Hall–Kier alpha value is -2.27. The maximum Gasteiger partial charge on any atom is 0.243 e. The van der Waals surface area contributed by atoms with Gasteiger partial charge in [0.2, 0.25) is 11.9 Å². The van der Waals surface area contributed by atoms with Gasteiger partial charge >= 0.3 is 0 Å². The van der Waals surface area contributed by atoms with Gasteiger partial charge in [0.05, 0.1) is 6.04 Å². The normalized spacial score (nSPS) is 17.4. The summed E-state index contributed by atoms with van der Waals surface area (Å²) in [6.45, 7) is 0.658. The minimum atomic E-state index is -0.607. The highest BCUT2D eigenvalue weighted by Gasteiger charge is 2.24. The molecule has 1 atom stereocenters. The summed E-state index contributed by atoms with van der Waals surface area (Å²) in [6.07, 6.45) is 0.622. The van der Waals surface area contributed by atoms with Crippen molar-refractivity contribution in [2.45, 2.75) is 19.0 Å². The molecule has 3 rings (SSSR count). The van der Waals surface area contributed by atoms with Gasteiger partial charge in [-0.2, -0.15) is 4.39 Å². The average Bonchev–Trinajstić information content (AvgIpc) is 2.47. The molecule has 2 aromatic rings. The van der Waals surface area contributed by atoms with Crippen LogP contribution in [0.15, 0.2) is 42.5 Å². The molecule has 0 bridgehead atoms. The molecule has 1 amide bonds. The summed E-state index contributed by atoms with van der Waals surface area (Å²) >= 11 is 0. The number of nitrogens with one attached hydrogen (secondary N) is 2. The molecule has 0 saturated carbocycles. The highest BCUT2D eigenvalue weighted by Crippen LogP contribution is 2.17. The van der Waals surface area contributed by atoms with Gasteiger partial charge < -0.3 is 10.6 Å². The highest BCUT2D eigenvalue weighted by molar-refractivity contribution is 5.94. The second-order valence-electron chi connectivity index (χ2n) is 4.74. The van der Waals surface area contributed by atoms with Gasteiger partial charge in [-0.25, -0.2) is 4.98 Å². The van der Waals surface area contributed by atoms with Gasteiger partial charge in [0, 0.05) is 6.54 Å². The van der Waals surface area contributed by atoms with Crippen LogP contribution >= 0.6 is 0 Å². The molecule has 1 aliphatic rings. The van der Waals surface area contributed by atoms with E-state index < -0.39 is 5.95 Å². The van der Waals surface area contributed by atoms with E-state index in [1.165, 1.54) is 23.3 Å². The maximum absolute atomic E-state index is 13.0. The zero-order valence-corrected chi connectivity index (χ0v) is 10.8. The Morgan fingerprint density at radius 2 is 2.00 bits per heavy atom. The van der Waals surface area contributed by atoms with Crippen molar-refractivity contribution in [2.24, 2.45) is 0 Å². The Morgan fingerprint density at radius 3 is 2.80 bits per heavy atom. The monoisotopic (exact) mass is 271 g/mol. The third kappa shape index (κ3) is 2.67. The van der Waals surface area contributed by atoms with E-state index in [0.717, 1.165) is 0 Å². The Labute approximate surface area is 116 Å². The van der Waals surface area contributed by atoms with Crippen LogP contribution < -0.4 is 10.6 Å².